The number of rotatable bonds is 5. The summed E-state index contributed by atoms with van der Waals surface area (Å²) in [7, 11) is 0. The number of hydrogen-bond acceptors (Lipinski definition) is 2. The van der Waals surface area contributed by atoms with Gasteiger partial charge in [0.25, 0.3) is 0 Å². The lowest BCUT2D eigenvalue weighted by Gasteiger charge is -1.93. The zero-order valence-electron chi connectivity index (χ0n) is 8.95. The van der Waals surface area contributed by atoms with Crippen LogP contribution in [0.2, 0.25) is 0 Å². The van der Waals surface area contributed by atoms with E-state index in [0.29, 0.717) is 12.2 Å². The Kier molecular flexibility index (Phi) is 39.4. The minimum atomic E-state index is 0.500. The van der Waals surface area contributed by atoms with E-state index in [4.69, 9.17) is 20.4 Å². The molecule has 0 bridgehead atoms. The van der Waals surface area contributed by atoms with Crippen molar-refractivity contribution in [3.05, 3.63) is 10.8 Å². The summed E-state index contributed by atoms with van der Waals surface area (Å²) in [4.78, 5) is 16.5. The molecule has 0 heterocycles. The molecular weight excluding hydrogens is 180 g/mol. The topological polar surface area (TPSA) is 78.7 Å². The molecule has 0 aliphatic heterocycles. The van der Waals surface area contributed by atoms with Crippen LogP contribution in [0.1, 0.15) is 52.4 Å². The van der Waals surface area contributed by atoms with Crippen molar-refractivity contribution in [2.75, 3.05) is 0 Å². The Bertz CT molecular complexity index is 128. The standard InChI is InChI=1S/C8H18.2CNO/c1-3-5-7-8-6-4-2;2*2-1-3/h3-8H2,1-2H3;;/q;2*-1. The highest BCUT2D eigenvalue weighted by molar-refractivity contribution is 5.37. The third-order valence-corrected chi connectivity index (χ3v) is 1.46. The van der Waals surface area contributed by atoms with Gasteiger partial charge in [0, 0.05) is 0 Å². The molecule has 4 nitrogen and oxygen atoms in total. The molecular formula is C10H18N2O2-2. The van der Waals surface area contributed by atoms with Gasteiger partial charge in [-0.15, -0.1) is 0 Å². The van der Waals surface area contributed by atoms with E-state index >= 15 is 0 Å². The van der Waals surface area contributed by atoms with Crippen molar-refractivity contribution < 1.29 is 9.59 Å². The van der Waals surface area contributed by atoms with E-state index in [9.17, 15) is 0 Å². The van der Waals surface area contributed by atoms with Crippen LogP contribution in [0.25, 0.3) is 10.8 Å². The van der Waals surface area contributed by atoms with Crippen LogP contribution in [0.15, 0.2) is 0 Å². The molecule has 0 N–H and O–H groups in total. The van der Waals surface area contributed by atoms with E-state index in [1.54, 1.807) is 0 Å². The lowest BCUT2D eigenvalue weighted by Crippen LogP contribution is -1.73. The van der Waals surface area contributed by atoms with Gasteiger partial charge in [0.15, 0.2) is 0 Å². The SMILES string of the molecule is CCCCCCCC.[N-]=C=O.[N-]=C=O. The van der Waals surface area contributed by atoms with E-state index in [-0.39, 0.29) is 0 Å². The molecule has 0 rings (SSSR count). The minimum absolute atomic E-state index is 0.500. The first-order valence-electron chi connectivity index (χ1n) is 4.77. The molecule has 0 spiro atoms. The molecule has 0 atom stereocenters. The molecule has 14 heavy (non-hydrogen) atoms. The Balaban J connectivity index is -0.000000168. The molecule has 0 aromatic rings. The fourth-order valence-electron chi connectivity index (χ4n) is 0.854. The van der Waals surface area contributed by atoms with Gasteiger partial charge in [0.1, 0.15) is 0 Å². The number of isocyanates is 2. The predicted octanol–water partition coefficient (Wildman–Crippen LogP) is 3.15. The molecule has 0 radical (unpaired) electrons. The smallest absolute Gasteiger partial charge is 0.0159 e. The zero-order valence-corrected chi connectivity index (χ0v) is 8.95. The quantitative estimate of drug-likeness (QED) is 0.386. The zero-order chi connectivity index (χ0) is 11.7. The first kappa shape index (κ1) is 18.5. The Morgan fingerprint density at radius 3 is 1.14 bits per heavy atom. The Labute approximate surface area is 85.7 Å². The van der Waals surface area contributed by atoms with Gasteiger partial charge in [-0.05, 0) is 12.2 Å². The average molecular weight is 198 g/mol. The van der Waals surface area contributed by atoms with Crippen molar-refractivity contribution in [2.45, 2.75) is 52.4 Å². The van der Waals surface area contributed by atoms with Gasteiger partial charge in [-0.25, -0.2) is 0 Å². The van der Waals surface area contributed by atoms with Gasteiger partial charge in [0.2, 0.25) is 0 Å². The highest BCUT2D eigenvalue weighted by atomic mass is 16.1. The van der Waals surface area contributed by atoms with Crippen molar-refractivity contribution in [2.24, 2.45) is 0 Å². The van der Waals surface area contributed by atoms with Gasteiger partial charge in [-0.2, -0.15) is 0 Å². The molecule has 0 aromatic heterocycles. The van der Waals surface area contributed by atoms with Crippen molar-refractivity contribution in [1.82, 2.24) is 0 Å². The Morgan fingerprint density at radius 1 is 0.786 bits per heavy atom. The van der Waals surface area contributed by atoms with Gasteiger partial charge in [-0.3, -0.25) is 9.59 Å². The molecule has 4 heteroatoms. The monoisotopic (exact) mass is 198 g/mol. The third-order valence-electron chi connectivity index (χ3n) is 1.46. The lowest BCUT2D eigenvalue weighted by molar-refractivity contribution is 0.568. The van der Waals surface area contributed by atoms with Gasteiger partial charge < -0.3 is 10.8 Å². The van der Waals surface area contributed by atoms with E-state index in [2.05, 4.69) is 13.8 Å². The van der Waals surface area contributed by atoms with Crippen LogP contribution >= 0.6 is 0 Å². The molecule has 0 aromatic carbocycles. The molecule has 0 saturated heterocycles. The Hall–Kier alpha value is -1.24. The van der Waals surface area contributed by atoms with Crippen LogP contribution in [0.3, 0.4) is 0 Å². The molecule has 0 aliphatic rings. The van der Waals surface area contributed by atoms with Crippen molar-refractivity contribution >= 4 is 12.2 Å². The fraction of sp³-hybridized carbons (Fsp3) is 0.800. The van der Waals surface area contributed by atoms with Crippen LogP contribution in [-0.2, 0) is 9.59 Å². The first-order valence-corrected chi connectivity index (χ1v) is 4.77. The minimum Gasteiger partial charge on any atom is -0.724 e. The summed E-state index contributed by atoms with van der Waals surface area (Å²) < 4.78 is 0. The highest BCUT2D eigenvalue weighted by Gasteiger charge is 1.83. The summed E-state index contributed by atoms with van der Waals surface area (Å²) >= 11 is 0. The van der Waals surface area contributed by atoms with Crippen LogP contribution in [-0.4, -0.2) is 12.2 Å². The maximum absolute atomic E-state index is 8.24. The van der Waals surface area contributed by atoms with Gasteiger partial charge >= 0.3 is 0 Å². The van der Waals surface area contributed by atoms with Crippen LogP contribution in [0.5, 0.6) is 0 Å². The summed E-state index contributed by atoms with van der Waals surface area (Å²) in [6.07, 6.45) is 9.49. The largest absolute Gasteiger partial charge is 0.724 e. The first-order chi connectivity index (χ1) is 6.74. The van der Waals surface area contributed by atoms with E-state index in [1.807, 2.05) is 0 Å². The van der Waals surface area contributed by atoms with Crippen LogP contribution in [0, 0.1) is 0 Å². The molecule has 82 valence electrons. The average Bonchev–Trinajstić information content (AvgIpc) is 2.15. The fourth-order valence-corrected chi connectivity index (χ4v) is 0.854. The van der Waals surface area contributed by atoms with Crippen LogP contribution in [0.4, 0.5) is 0 Å². The predicted molar refractivity (Wildman–Crippen MR) is 57.2 cm³/mol. The summed E-state index contributed by atoms with van der Waals surface area (Å²) in [5.41, 5.74) is 0. The number of unbranched alkanes of at least 4 members (excludes halogenated alkanes) is 5. The molecule has 0 aliphatic carbocycles. The highest BCUT2D eigenvalue weighted by Crippen LogP contribution is 2.03. The summed E-state index contributed by atoms with van der Waals surface area (Å²) in [6, 6.07) is 0. The van der Waals surface area contributed by atoms with E-state index in [1.165, 1.54) is 38.5 Å². The maximum atomic E-state index is 8.24. The van der Waals surface area contributed by atoms with Crippen molar-refractivity contribution in [3.63, 3.8) is 0 Å². The summed E-state index contributed by atoms with van der Waals surface area (Å²) in [6.45, 7) is 4.51. The number of nitrogens with zero attached hydrogens (tertiary/aromatic N) is 2. The van der Waals surface area contributed by atoms with E-state index in [0.717, 1.165) is 0 Å². The molecule has 0 amide bonds. The second kappa shape index (κ2) is 29.8. The second-order valence-corrected chi connectivity index (χ2v) is 2.60. The number of carbonyl (C=O) groups excluding carboxylic acids is 2. The molecule has 0 unspecified atom stereocenters. The van der Waals surface area contributed by atoms with Crippen LogP contribution < -0.4 is 0 Å². The maximum Gasteiger partial charge on any atom is -0.0159 e. The van der Waals surface area contributed by atoms with E-state index < -0.39 is 0 Å². The Morgan fingerprint density at radius 2 is 1.00 bits per heavy atom. The second-order valence-electron chi connectivity index (χ2n) is 2.60. The summed E-state index contributed by atoms with van der Waals surface area (Å²) in [5.74, 6) is 0. The van der Waals surface area contributed by atoms with Gasteiger partial charge in [0.05, 0.1) is 0 Å². The summed E-state index contributed by atoms with van der Waals surface area (Å²) in [5, 5.41) is 13.5. The van der Waals surface area contributed by atoms with Crippen molar-refractivity contribution in [1.29, 1.82) is 0 Å². The lowest BCUT2D eigenvalue weighted by atomic mass is 10.1. The van der Waals surface area contributed by atoms with Crippen molar-refractivity contribution in [3.8, 4) is 0 Å². The van der Waals surface area contributed by atoms with Gasteiger partial charge in [-0.1, -0.05) is 52.4 Å². The third kappa shape index (κ3) is 72.5. The molecule has 0 saturated carbocycles. The number of hydrogen-bond donors (Lipinski definition) is 0. The molecule has 0 fully saturated rings. The normalized spacial score (nSPS) is 6.71.